The predicted octanol–water partition coefficient (Wildman–Crippen LogP) is 6.87. The SMILES string of the molecule is COc1ccc(C(N)(C(=O)OCC2c3ccccc3-c3ccccc32)C(Oc2ccccc2)C(=O)NNCC2(C)C=CC(C(N)c3ccccc3)=CC2)c(OC)c1. The number of fused-ring (bicyclic) bond motifs is 3. The van der Waals surface area contributed by atoms with Gasteiger partial charge in [0.05, 0.1) is 20.3 Å². The van der Waals surface area contributed by atoms with Gasteiger partial charge in [0, 0.05) is 29.5 Å². The number of allylic oxidation sites excluding steroid dienone is 1. The number of hydrogen-bond acceptors (Lipinski definition) is 9. The average Bonchev–Trinajstić information content (AvgIpc) is 3.58. The molecule has 292 valence electrons. The lowest BCUT2D eigenvalue weighted by Gasteiger charge is -2.36. The van der Waals surface area contributed by atoms with E-state index in [4.69, 9.17) is 30.4 Å². The number of methoxy groups -OCH3 is 2. The van der Waals surface area contributed by atoms with Crippen molar-refractivity contribution in [3.63, 3.8) is 0 Å². The number of carbonyl (C=O) groups excluding carboxylic acids is 2. The van der Waals surface area contributed by atoms with E-state index in [1.165, 1.54) is 14.2 Å². The largest absolute Gasteiger partial charge is 0.497 e. The van der Waals surface area contributed by atoms with Gasteiger partial charge in [0.25, 0.3) is 5.91 Å². The van der Waals surface area contributed by atoms with Gasteiger partial charge in [-0.05, 0) is 64.1 Å². The molecule has 0 fully saturated rings. The molecule has 0 radical (unpaired) electrons. The van der Waals surface area contributed by atoms with Crippen LogP contribution in [0.5, 0.6) is 17.2 Å². The molecule has 4 unspecified atom stereocenters. The fraction of sp³-hybridized carbons (Fsp3) is 0.234. The van der Waals surface area contributed by atoms with Crippen LogP contribution in [-0.4, -0.2) is 45.4 Å². The van der Waals surface area contributed by atoms with Gasteiger partial charge in [0.15, 0.2) is 5.54 Å². The maximum Gasteiger partial charge on any atom is 0.335 e. The highest BCUT2D eigenvalue weighted by Crippen LogP contribution is 2.45. The van der Waals surface area contributed by atoms with Gasteiger partial charge in [0.2, 0.25) is 6.10 Å². The van der Waals surface area contributed by atoms with Crippen molar-refractivity contribution in [2.24, 2.45) is 16.9 Å². The number of hydrogen-bond donors (Lipinski definition) is 4. The van der Waals surface area contributed by atoms with Crippen molar-refractivity contribution >= 4 is 11.9 Å². The topological polar surface area (TPSA) is 147 Å². The van der Waals surface area contributed by atoms with Crippen LogP contribution in [0, 0.1) is 5.41 Å². The Balaban J connectivity index is 1.17. The Morgan fingerprint density at radius 1 is 0.825 bits per heavy atom. The first-order valence-electron chi connectivity index (χ1n) is 19.0. The molecule has 2 aliphatic rings. The first-order valence-corrected chi connectivity index (χ1v) is 19.0. The van der Waals surface area contributed by atoms with E-state index in [0.717, 1.165) is 33.4 Å². The van der Waals surface area contributed by atoms with Crippen molar-refractivity contribution in [2.45, 2.75) is 36.9 Å². The van der Waals surface area contributed by atoms with Gasteiger partial charge in [-0.25, -0.2) is 10.2 Å². The monoisotopic (exact) mass is 764 g/mol. The van der Waals surface area contributed by atoms with Crippen LogP contribution in [0.1, 0.15) is 47.6 Å². The number of nitrogens with two attached hydrogens (primary N) is 2. The number of nitrogens with one attached hydrogen (secondary N) is 2. The first kappa shape index (κ1) is 39.1. The Morgan fingerprint density at radius 3 is 2.07 bits per heavy atom. The number of para-hydroxylation sites is 1. The van der Waals surface area contributed by atoms with E-state index in [9.17, 15) is 9.59 Å². The Morgan fingerprint density at radius 2 is 1.46 bits per heavy atom. The molecule has 4 atom stereocenters. The molecule has 0 aliphatic heterocycles. The molecule has 10 heteroatoms. The lowest BCUT2D eigenvalue weighted by atomic mass is 9.80. The van der Waals surface area contributed by atoms with E-state index in [2.05, 4.69) is 42.1 Å². The van der Waals surface area contributed by atoms with E-state index < -0.39 is 23.5 Å². The summed E-state index contributed by atoms with van der Waals surface area (Å²) in [5.41, 5.74) is 23.6. The van der Waals surface area contributed by atoms with Crippen molar-refractivity contribution in [1.82, 2.24) is 10.9 Å². The maximum absolute atomic E-state index is 14.8. The number of hydrazine groups is 1. The van der Waals surface area contributed by atoms with Gasteiger partial charge in [-0.2, -0.15) is 0 Å². The van der Waals surface area contributed by atoms with Crippen molar-refractivity contribution in [3.05, 3.63) is 173 Å². The molecule has 0 saturated carbocycles. The molecule has 0 heterocycles. The summed E-state index contributed by atoms with van der Waals surface area (Å²) < 4.78 is 23.8. The zero-order valence-electron chi connectivity index (χ0n) is 32.3. The number of benzene rings is 5. The number of rotatable bonds is 15. The predicted molar refractivity (Wildman–Crippen MR) is 220 cm³/mol. The number of esters is 1. The Bertz CT molecular complexity index is 2230. The summed E-state index contributed by atoms with van der Waals surface area (Å²) in [5, 5.41) is 0. The van der Waals surface area contributed by atoms with Gasteiger partial charge < -0.3 is 30.4 Å². The van der Waals surface area contributed by atoms with Crippen molar-refractivity contribution in [2.75, 3.05) is 27.4 Å². The van der Waals surface area contributed by atoms with Gasteiger partial charge in [-0.3, -0.25) is 10.2 Å². The number of ether oxygens (including phenoxy) is 4. The second kappa shape index (κ2) is 16.9. The fourth-order valence-electron chi connectivity index (χ4n) is 7.60. The third-order valence-corrected chi connectivity index (χ3v) is 10.9. The van der Waals surface area contributed by atoms with Gasteiger partial charge >= 0.3 is 5.97 Å². The molecule has 6 N–H and O–H groups in total. The van der Waals surface area contributed by atoms with Crippen LogP contribution in [0.25, 0.3) is 11.1 Å². The third kappa shape index (κ3) is 8.06. The van der Waals surface area contributed by atoms with E-state index in [1.807, 2.05) is 78.9 Å². The Hall–Kier alpha value is -6.20. The number of carbonyl (C=O) groups is 2. The van der Waals surface area contributed by atoms with Crippen LogP contribution in [0.2, 0.25) is 0 Å². The zero-order chi connectivity index (χ0) is 40.0. The van der Waals surface area contributed by atoms with Crippen LogP contribution in [0.4, 0.5) is 0 Å². The lowest BCUT2D eigenvalue weighted by Crippen LogP contribution is -2.64. The summed E-state index contributed by atoms with van der Waals surface area (Å²) >= 11 is 0. The fourth-order valence-corrected chi connectivity index (χ4v) is 7.60. The standard InChI is InChI=1S/C47H48N4O6/c1-46(26-24-32(25-27-46)42(48)31-14-6-4-7-15-31)30-50-51-44(52)43(57-33-16-8-5-9-17-33)47(49,40-23-22-34(54-2)28-41(40)55-3)45(53)56-29-39-37-20-12-10-18-35(37)36-19-11-13-21-38(36)39/h4-26,28,39,42-43,50H,27,29-30,48-49H2,1-3H3,(H,51,52). The molecule has 10 nitrogen and oxygen atoms in total. The minimum absolute atomic E-state index is 0.0314. The molecule has 0 saturated heterocycles. The lowest BCUT2D eigenvalue weighted by molar-refractivity contribution is -0.159. The zero-order valence-corrected chi connectivity index (χ0v) is 32.3. The molecule has 7 rings (SSSR count). The maximum atomic E-state index is 14.8. The molecule has 57 heavy (non-hydrogen) atoms. The second-order valence-corrected chi connectivity index (χ2v) is 14.7. The molecular weight excluding hydrogens is 717 g/mol. The summed E-state index contributed by atoms with van der Waals surface area (Å²) in [4.78, 5) is 29.4. The molecule has 2 aliphatic carbocycles. The quantitative estimate of drug-likeness (QED) is 0.0662. The molecule has 5 aromatic carbocycles. The molecular formula is C47H48N4O6. The summed E-state index contributed by atoms with van der Waals surface area (Å²) in [7, 11) is 2.97. The highest BCUT2D eigenvalue weighted by atomic mass is 16.5. The van der Waals surface area contributed by atoms with E-state index in [0.29, 0.717) is 24.5 Å². The van der Waals surface area contributed by atoms with Crippen LogP contribution in [-0.2, 0) is 19.9 Å². The van der Waals surface area contributed by atoms with E-state index >= 15 is 0 Å². The molecule has 0 aromatic heterocycles. The van der Waals surface area contributed by atoms with Crippen LogP contribution in [0.15, 0.2) is 151 Å². The van der Waals surface area contributed by atoms with Crippen molar-refractivity contribution < 1.29 is 28.5 Å². The van der Waals surface area contributed by atoms with Gasteiger partial charge in [-0.15, -0.1) is 0 Å². The normalized spacial score (nSPS) is 17.9. The minimum atomic E-state index is -2.23. The van der Waals surface area contributed by atoms with Crippen molar-refractivity contribution in [3.8, 4) is 28.4 Å². The second-order valence-electron chi connectivity index (χ2n) is 14.7. The molecule has 1 amide bonds. The molecule has 5 aromatic rings. The van der Waals surface area contributed by atoms with Crippen LogP contribution >= 0.6 is 0 Å². The van der Waals surface area contributed by atoms with Crippen LogP contribution in [0.3, 0.4) is 0 Å². The minimum Gasteiger partial charge on any atom is -0.497 e. The molecule has 0 bridgehead atoms. The van der Waals surface area contributed by atoms with Gasteiger partial charge in [-0.1, -0.05) is 122 Å². The Labute approximate surface area is 333 Å². The Kier molecular flexibility index (Phi) is 11.6. The summed E-state index contributed by atoms with van der Waals surface area (Å²) in [6.07, 6.45) is 5.28. The smallest absolute Gasteiger partial charge is 0.335 e. The highest BCUT2D eigenvalue weighted by Gasteiger charge is 2.53. The molecule has 0 spiro atoms. The summed E-state index contributed by atoms with van der Waals surface area (Å²) in [5.74, 6) is -0.830. The van der Waals surface area contributed by atoms with Crippen molar-refractivity contribution in [1.29, 1.82) is 0 Å². The van der Waals surface area contributed by atoms with E-state index in [-0.39, 0.29) is 35.3 Å². The summed E-state index contributed by atoms with van der Waals surface area (Å²) in [6.45, 7) is 2.40. The first-order chi connectivity index (χ1) is 27.6. The average molecular weight is 765 g/mol. The highest BCUT2D eigenvalue weighted by molar-refractivity contribution is 5.94. The summed E-state index contributed by atoms with van der Waals surface area (Å²) in [6, 6.07) is 39.4. The van der Waals surface area contributed by atoms with E-state index in [1.54, 1.807) is 42.5 Å². The number of amides is 1. The van der Waals surface area contributed by atoms with Crippen LogP contribution < -0.4 is 36.5 Å². The third-order valence-electron chi connectivity index (χ3n) is 10.9. The van der Waals surface area contributed by atoms with Gasteiger partial charge in [0.1, 0.15) is 23.9 Å².